The van der Waals surface area contributed by atoms with E-state index >= 15 is 0 Å². The van der Waals surface area contributed by atoms with E-state index in [1.54, 1.807) is 48.5 Å². The third kappa shape index (κ3) is 7.96. The number of fused-ring (bicyclic) bond motifs is 2. The smallest absolute Gasteiger partial charge is 0.421 e. The summed E-state index contributed by atoms with van der Waals surface area (Å²) in [4.78, 5) is 33.4. The quantitative estimate of drug-likeness (QED) is 0.0928. The minimum atomic E-state index is -1.68. The summed E-state index contributed by atoms with van der Waals surface area (Å²) in [5.74, 6) is -3.76. The number of halogens is 2. The molecule has 52 heavy (non-hydrogen) atoms. The van der Waals surface area contributed by atoms with Crippen molar-refractivity contribution in [2.45, 2.75) is 50.1 Å². The van der Waals surface area contributed by atoms with Crippen LogP contribution in [0.2, 0.25) is 10.0 Å². The number of ether oxygens (including phenoxy) is 4. The van der Waals surface area contributed by atoms with Crippen LogP contribution in [-0.2, 0) is 43.5 Å². The maximum absolute atomic E-state index is 14.4. The van der Waals surface area contributed by atoms with Gasteiger partial charge in [-0.3, -0.25) is 9.80 Å². The summed E-state index contributed by atoms with van der Waals surface area (Å²) in [6.07, 6.45) is 6.10. The fourth-order valence-electron chi connectivity index (χ4n) is 7.55. The predicted molar refractivity (Wildman–Crippen MR) is 198 cm³/mol. The lowest BCUT2D eigenvalue weighted by Crippen LogP contribution is -2.52. The maximum Gasteiger partial charge on any atom is 0.421 e. The fourth-order valence-corrected chi connectivity index (χ4v) is 7.91. The van der Waals surface area contributed by atoms with Gasteiger partial charge >= 0.3 is 11.9 Å². The normalized spacial score (nSPS) is 23.3. The Kier molecular flexibility index (Phi) is 9.92. The molecule has 2 unspecified atom stereocenters. The van der Waals surface area contributed by atoms with E-state index in [1.165, 1.54) is 0 Å². The molecule has 8 nitrogen and oxygen atoms in total. The van der Waals surface area contributed by atoms with Gasteiger partial charge in [-0.1, -0.05) is 83.9 Å². The molecular weight excluding hydrogens is 699 g/mol. The average Bonchev–Trinajstić information content (AvgIpc) is 4.06. The summed E-state index contributed by atoms with van der Waals surface area (Å²) < 4.78 is 26.2. The van der Waals surface area contributed by atoms with E-state index in [0.29, 0.717) is 44.5 Å². The van der Waals surface area contributed by atoms with Gasteiger partial charge in [0, 0.05) is 47.4 Å². The van der Waals surface area contributed by atoms with Gasteiger partial charge in [-0.25, -0.2) is 9.59 Å². The predicted octanol–water partition coefficient (Wildman–Crippen LogP) is 7.78. The zero-order valence-electron chi connectivity index (χ0n) is 29.0. The minimum Gasteiger partial charge on any atom is -0.447 e. The number of carbonyl (C=O) groups excluding carboxylic acids is 2. The first-order valence-electron chi connectivity index (χ1n) is 18.2. The first-order valence-corrected chi connectivity index (χ1v) is 19.0. The molecule has 0 N–H and O–H groups in total. The van der Waals surface area contributed by atoms with Gasteiger partial charge in [0.2, 0.25) is 0 Å². The number of esters is 2. The van der Waals surface area contributed by atoms with E-state index < -0.39 is 23.5 Å². The second-order valence-electron chi connectivity index (χ2n) is 14.6. The van der Waals surface area contributed by atoms with Crippen LogP contribution in [0.5, 0.6) is 11.5 Å². The molecule has 8 rings (SSSR count). The number of benzene rings is 4. The topological polar surface area (TPSA) is 77.5 Å². The molecule has 4 aromatic rings. The van der Waals surface area contributed by atoms with Gasteiger partial charge < -0.3 is 18.9 Å². The third-order valence-corrected chi connectivity index (χ3v) is 10.8. The van der Waals surface area contributed by atoms with Crippen molar-refractivity contribution in [2.75, 3.05) is 39.3 Å². The van der Waals surface area contributed by atoms with Crippen LogP contribution in [0.3, 0.4) is 0 Å². The van der Waals surface area contributed by atoms with E-state index in [-0.39, 0.29) is 13.1 Å². The summed E-state index contributed by atoms with van der Waals surface area (Å²) in [6, 6.07) is 29.5. The molecule has 0 amide bonds. The molecule has 0 radical (unpaired) electrons. The molecule has 270 valence electrons. The second-order valence-corrected chi connectivity index (χ2v) is 15.4. The zero-order chi connectivity index (χ0) is 35.7. The minimum absolute atomic E-state index is 0.216. The number of carbonyl (C=O) groups is 2. The Morgan fingerprint density at radius 2 is 1.02 bits per heavy atom. The van der Waals surface area contributed by atoms with Crippen molar-refractivity contribution in [3.05, 3.63) is 129 Å². The molecule has 0 spiro atoms. The molecule has 2 aliphatic carbocycles. The van der Waals surface area contributed by atoms with Gasteiger partial charge in [0.15, 0.2) is 0 Å². The molecule has 0 aromatic heterocycles. The number of hydrogen-bond acceptors (Lipinski definition) is 8. The molecule has 4 aromatic carbocycles. The molecule has 2 aliphatic heterocycles. The van der Waals surface area contributed by atoms with E-state index in [2.05, 4.69) is 9.80 Å². The number of nitrogens with zero attached hydrogens (tertiary/aromatic N) is 2. The first-order chi connectivity index (χ1) is 25.3. The zero-order valence-corrected chi connectivity index (χ0v) is 30.5. The Hall–Kier alpha value is -4.08. The summed E-state index contributed by atoms with van der Waals surface area (Å²) >= 11 is 12.8. The largest absolute Gasteiger partial charge is 0.447 e. The molecule has 0 bridgehead atoms. The maximum atomic E-state index is 14.4. The van der Waals surface area contributed by atoms with Gasteiger partial charge in [-0.05, 0) is 97.9 Å². The van der Waals surface area contributed by atoms with E-state index in [1.807, 2.05) is 48.5 Å². The van der Waals surface area contributed by atoms with Gasteiger partial charge in [0.05, 0.1) is 13.1 Å². The fraction of sp³-hybridized carbons (Fsp3) is 0.381. The summed E-state index contributed by atoms with van der Waals surface area (Å²) in [7, 11) is 0. The SMILES string of the molecule is O=C(OC1(Oc2cccc(Cl)c2)CN(CC2CC2)CCc2ccccc21)C(=O)OC1(Oc2cccc(Cl)c2)CN(CC2CC2)CCc2ccccc21. The van der Waals surface area contributed by atoms with Crippen LogP contribution in [0.25, 0.3) is 0 Å². The van der Waals surface area contributed by atoms with Gasteiger partial charge in [0.1, 0.15) is 11.5 Å². The lowest BCUT2D eigenvalue weighted by Gasteiger charge is -2.38. The summed E-state index contributed by atoms with van der Waals surface area (Å²) in [6.45, 7) is 3.60. The van der Waals surface area contributed by atoms with E-state index in [9.17, 15) is 9.59 Å². The highest BCUT2D eigenvalue weighted by atomic mass is 35.5. The van der Waals surface area contributed by atoms with Crippen LogP contribution in [0, 0.1) is 11.8 Å². The number of rotatable bonds is 10. The highest BCUT2D eigenvalue weighted by Gasteiger charge is 2.50. The van der Waals surface area contributed by atoms with Crippen molar-refractivity contribution in [2.24, 2.45) is 11.8 Å². The van der Waals surface area contributed by atoms with Crippen LogP contribution in [0.4, 0.5) is 0 Å². The Bertz CT molecular complexity index is 1810. The van der Waals surface area contributed by atoms with Gasteiger partial charge in [-0.2, -0.15) is 0 Å². The standard InChI is InChI=1S/C42H42Cl2N2O6/c43-33-9-5-11-35(23-33)49-41(27-45(25-29-15-16-29)21-19-31-7-1-3-13-37(31)41)51-39(47)40(48)52-42(50-36-12-6-10-34(44)24-36)28-46(26-30-17-18-30)22-20-32-8-2-4-14-38(32)42/h1-14,23-24,29-30H,15-22,25-28H2. The lowest BCUT2D eigenvalue weighted by atomic mass is 9.98. The molecule has 2 heterocycles. The molecule has 4 aliphatic rings. The average molecular weight is 742 g/mol. The van der Waals surface area contributed by atoms with Gasteiger partial charge in [-0.15, -0.1) is 0 Å². The molecule has 2 fully saturated rings. The Balaban J connectivity index is 1.17. The lowest BCUT2D eigenvalue weighted by molar-refractivity contribution is -0.233. The monoisotopic (exact) mass is 740 g/mol. The van der Waals surface area contributed by atoms with E-state index in [4.69, 9.17) is 42.1 Å². The summed E-state index contributed by atoms with van der Waals surface area (Å²) in [5.41, 5.74) is 3.29. The van der Waals surface area contributed by atoms with Crippen molar-refractivity contribution in [1.29, 1.82) is 0 Å². The van der Waals surface area contributed by atoms with Crippen LogP contribution in [-0.4, -0.2) is 61.0 Å². The highest BCUT2D eigenvalue weighted by molar-refractivity contribution is 6.31. The Morgan fingerprint density at radius 3 is 1.42 bits per heavy atom. The molecular formula is C42H42Cl2N2O6. The van der Waals surface area contributed by atoms with Crippen molar-refractivity contribution in [3.8, 4) is 11.5 Å². The van der Waals surface area contributed by atoms with Crippen molar-refractivity contribution < 1.29 is 28.5 Å². The van der Waals surface area contributed by atoms with Crippen molar-refractivity contribution in [3.63, 3.8) is 0 Å². The summed E-state index contributed by atoms with van der Waals surface area (Å²) in [5, 5.41) is 0.941. The Labute approximate surface area is 314 Å². The molecule has 0 saturated heterocycles. The highest BCUT2D eigenvalue weighted by Crippen LogP contribution is 2.41. The first kappa shape index (κ1) is 35.0. The van der Waals surface area contributed by atoms with Crippen LogP contribution in [0.15, 0.2) is 97.1 Å². The van der Waals surface area contributed by atoms with Crippen LogP contribution in [0.1, 0.15) is 47.9 Å². The van der Waals surface area contributed by atoms with Crippen molar-refractivity contribution in [1.82, 2.24) is 9.80 Å². The molecule has 2 saturated carbocycles. The van der Waals surface area contributed by atoms with Gasteiger partial charge in [0.25, 0.3) is 11.6 Å². The van der Waals surface area contributed by atoms with Crippen molar-refractivity contribution >= 4 is 35.1 Å². The number of hydrogen-bond donors (Lipinski definition) is 0. The van der Waals surface area contributed by atoms with E-state index in [0.717, 1.165) is 75.8 Å². The van der Waals surface area contributed by atoms with Crippen LogP contribution >= 0.6 is 23.2 Å². The third-order valence-electron chi connectivity index (χ3n) is 10.4. The second kappa shape index (κ2) is 14.7. The molecule has 2 atom stereocenters. The van der Waals surface area contributed by atoms with Crippen LogP contribution < -0.4 is 9.47 Å². The molecule has 10 heteroatoms. The Morgan fingerprint density at radius 1 is 0.596 bits per heavy atom.